The molecule has 0 radical (unpaired) electrons. The van der Waals surface area contributed by atoms with Gasteiger partial charge in [0, 0.05) is 30.3 Å². The van der Waals surface area contributed by atoms with Gasteiger partial charge in [-0.2, -0.15) is 0 Å². The van der Waals surface area contributed by atoms with E-state index in [-0.39, 0.29) is 30.2 Å². The van der Waals surface area contributed by atoms with E-state index in [1.165, 1.54) is 30.3 Å². The maximum atomic E-state index is 16.2. The monoisotopic (exact) mass is 552 g/mol. The highest BCUT2D eigenvalue weighted by Crippen LogP contribution is 2.35. The molecule has 1 aromatic heterocycles. The normalized spacial score (nSPS) is 17.0. The molecule has 206 valence electrons. The summed E-state index contributed by atoms with van der Waals surface area (Å²) >= 11 is 0. The molecule has 0 amide bonds. The summed E-state index contributed by atoms with van der Waals surface area (Å²) in [5.41, 5.74) is 0.963. The maximum absolute atomic E-state index is 16.2. The lowest BCUT2D eigenvalue weighted by Gasteiger charge is -2.30. The minimum absolute atomic E-state index is 0.0676. The standard InChI is InChI=1S/C33H26F2N2O4/c34-23-14-11-21(12-15-23)27-19-28(33(38)39)36-32-26(27)16-13-22(31(32)35)20-37-29(40-24-7-3-1-4-8-24)17-18-30(37)41-25-9-5-2-6-10-25/h1-16,19,29-30H,17-18,20H2,(H,38,39). The number of carboxylic acids is 1. The molecule has 5 aromatic rings. The molecule has 1 saturated heterocycles. The number of benzene rings is 4. The van der Waals surface area contributed by atoms with E-state index in [0.717, 1.165) is 0 Å². The van der Waals surface area contributed by atoms with Crippen molar-refractivity contribution in [1.29, 1.82) is 0 Å². The lowest BCUT2D eigenvalue weighted by atomic mass is 9.98. The second-order valence-corrected chi connectivity index (χ2v) is 9.82. The van der Waals surface area contributed by atoms with Crippen LogP contribution in [0.1, 0.15) is 28.9 Å². The van der Waals surface area contributed by atoms with Gasteiger partial charge >= 0.3 is 5.97 Å². The number of nitrogens with zero attached hydrogens (tertiary/aromatic N) is 2. The Kier molecular flexibility index (Phi) is 7.31. The molecule has 1 N–H and O–H groups in total. The lowest BCUT2D eigenvalue weighted by molar-refractivity contribution is -0.0348. The van der Waals surface area contributed by atoms with Gasteiger partial charge in [0.05, 0.1) is 0 Å². The summed E-state index contributed by atoms with van der Waals surface area (Å²) in [6.45, 7) is 0.141. The van der Waals surface area contributed by atoms with Gasteiger partial charge in [0.25, 0.3) is 0 Å². The SMILES string of the molecule is O=C(O)c1cc(-c2ccc(F)cc2)c2ccc(CN3C(Oc4ccccc4)CCC3Oc3ccccc3)c(F)c2n1. The van der Waals surface area contributed by atoms with Crippen molar-refractivity contribution in [3.8, 4) is 22.6 Å². The zero-order valence-corrected chi connectivity index (χ0v) is 21.9. The largest absolute Gasteiger partial charge is 0.477 e. The number of rotatable bonds is 8. The number of ether oxygens (including phenoxy) is 2. The fourth-order valence-electron chi connectivity index (χ4n) is 5.17. The van der Waals surface area contributed by atoms with Crippen molar-refractivity contribution in [3.63, 3.8) is 0 Å². The van der Waals surface area contributed by atoms with Crippen LogP contribution in [-0.2, 0) is 6.54 Å². The molecular weight excluding hydrogens is 526 g/mol. The van der Waals surface area contributed by atoms with Crippen LogP contribution >= 0.6 is 0 Å². The highest BCUT2D eigenvalue weighted by atomic mass is 19.1. The average molecular weight is 553 g/mol. The molecule has 0 bridgehead atoms. The van der Waals surface area contributed by atoms with Gasteiger partial charge in [-0.3, -0.25) is 0 Å². The number of pyridine rings is 1. The highest BCUT2D eigenvalue weighted by molar-refractivity contribution is 5.99. The van der Waals surface area contributed by atoms with E-state index in [0.29, 0.717) is 46.4 Å². The third kappa shape index (κ3) is 5.60. The number of fused-ring (bicyclic) bond motifs is 1. The first-order valence-corrected chi connectivity index (χ1v) is 13.3. The molecule has 2 unspecified atom stereocenters. The van der Waals surface area contributed by atoms with Crippen LogP contribution in [0.15, 0.2) is 103 Å². The summed E-state index contributed by atoms with van der Waals surface area (Å²) in [5, 5.41) is 10.1. The number of aromatic carboxylic acids is 1. The number of halogens is 2. The first-order valence-electron chi connectivity index (χ1n) is 13.3. The molecule has 0 spiro atoms. The Labute approximate surface area is 235 Å². The topological polar surface area (TPSA) is 71.9 Å². The van der Waals surface area contributed by atoms with Gasteiger partial charge in [-0.15, -0.1) is 0 Å². The van der Waals surface area contributed by atoms with Gasteiger partial charge in [-0.25, -0.2) is 23.5 Å². The number of carboxylic acid groups (broad SMARTS) is 1. The molecule has 8 heteroatoms. The van der Waals surface area contributed by atoms with E-state index in [1.54, 1.807) is 12.1 Å². The van der Waals surface area contributed by atoms with Crippen molar-refractivity contribution in [2.45, 2.75) is 31.8 Å². The van der Waals surface area contributed by atoms with Crippen LogP contribution in [0.4, 0.5) is 8.78 Å². The summed E-state index contributed by atoms with van der Waals surface area (Å²) < 4.78 is 42.4. The summed E-state index contributed by atoms with van der Waals surface area (Å²) in [4.78, 5) is 18.0. The number of likely N-dealkylation sites (tertiary alicyclic amines) is 1. The zero-order valence-electron chi connectivity index (χ0n) is 21.9. The molecule has 0 saturated carbocycles. The van der Waals surface area contributed by atoms with Gasteiger partial charge in [-0.05, 0) is 53.6 Å². The number of carbonyl (C=O) groups is 1. The van der Waals surface area contributed by atoms with Crippen LogP contribution in [0.2, 0.25) is 0 Å². The van der Waals surface area contributed by atoms with Crippen LogP contribution < -0.4 is 9.47 Å². The summed E-state index contributed by atoms with van der Waals surface area (Å²) in [6.07, 6.45) is 0.568. The summed E-state index contributed by atoms with van der Waals surface area (Å²) in [7, 11) is 0. The lowest BCUT2D eigenvalue weighted by Crippen LogP contribution is -2.41. The van der Waals surface area contributed by atoms with E-state index in [4.69, 9.17) is 9.47 Å². The summed E-state index contributed by atoms with van der Waals surface area (Å²) in [6, 6.07) is 29.2. The van der Waals surface area contributed by atoms with Crippen molar-refractivity contribution in [1.82, 2.24) is 9.88 Å². The van der Waals surface area contributed by atoms with Crippen molar-refractivity contribution >= 4 is 16.9 Å². The fraction of sp³-hybridized carbons (Fsp3) is 0.152. The number of aromatic nitrogens is 1. The Bertz CT molecular complexity index is 1630. The van der Waals surface area contributed by atoms with Gasteiger partial charge in [0.2, 0.25) is 0 Å². The van der Waals surface area contributed by atoms with Crippen LogP contribution in [0.25, 0.3) is 22.0 Å². The number of hydrogen-bond donors (Lipinski definition) is 1. The van der Waals surface area contributed by atoms with E-state index < -0.39 is 17.6 Å². The number of para-hydroxylation sites is 2. The number of hydrogen-bond acceptors (Lipinski definition) is 5. The van der Waals surface area contributed by atoms with Crippen molar-refractivity contribution in [2.24, 2.45) is 0 Å². The maximum Gasteiger partial charge on any atom is 0.354 e. The van der Waals surface area contributed by atoms with Crippen LogP contribution in [0.3, 0.4) is 0 Å². The van der Waals surface area contributed by atoms with E-state index in [9.17, 15) is 14.3 Å². The van der Waals surface area contributed by atoms with Crippen molar-refractivity contribution < 1.29 is 28.2 Å². The van der Waals surface area contributed by atoms with Crippen molar-refractivity contribution in [2.75, 3.05) is 0 Å². The highest BCUT2D eigenvalue weighted by Gasteiger charge is 2.37. The molecule has 0 aliphatic carbocycles. The van der Waals surface area contributed by atoms with E-state index >= 15 is 4.39 Å². The predicted molar refractivity (Wildman–Crippen MR) is 151 cm³/mol. The Morgan fingerprint density at radius 2 is 1.41 bits per heavy atom. The molecule has 1 aliphatic heterocycles. The molecule has 6 rings (SSSR count). The van der Waals surface area contributed by atoms with Crippen LogP contribution in [-0.4, -0.2) is 33.4 Å². The van der Waals surface area contributed by atoms with Gasteiger partial charge < -0.3 is 14.6 Å². The Morgan fingerprint density at radius 1 is 0.829 bits per heavy atom. The first-order chi connectivity index (χ1) is 20.0. The molecule has 2 atom stereocenters. The minimum Gasteiger partial charge on any atom is -0.477 e. The van der Waals surface area contributed by atoms with Gasteiger partial charge in [0.1, 0.15) is 28.5 Å². The van der Waals surface area contributed by atoms with Crippen molar-refractivity contribution in [3.05, 3.63) is 126 Å². The Balaban J connectivity index is 1.39. The quantitative estimate of drug-likeness (QED) is 0.218. The van der Waals surface area contributed by atoms with E-state index in [1.807, 2.05) is 65.6 Å². The zero-order chi connectivity index (χ0) is 28.3. The molecule has 41 heavy (non-hydrogen) atoms. The molecule has 4 aromatic carbocycles. The molecule has 2 heterocycles. The molecule has 6 nitrogen and oxygen atoms in total. The molecule has 1 aliphatic rings. The predicted octanol–water partition coefficient (Wildman–Crippen LogP) is 7.28. The van der Waals surface area contributed by atoms with Gasteiger partial charge in [-0.1, -0.05) is 60.7 Å². The second-order valence-electron chi connectivity index (χ2n) is 9.82. The third-order valence-electron chi connectivity index (χ3n) is 7.16. The minimum atomic E-state index is -1.28. The smallest absolute Gasteiger partial charge is 0.354 e. The third-order valence-corrected chi connectivity index (χ3v) is 7.16. The van der Waals surface area contributed by atoms with Crippen LogP contribution in [0.5, 0.6) is 11.5 Å². The average Bonchev–Trinajstić information content (AvgIpc) is 3.35. The van der Waals surface area contributed by atoms with Crippen LogP contribution in [0, 0.1) is 11.6 Å². The fourth-order valence-corrected chi connectivity index (χ4v) is 5.17. The first kappa shape index (κ1) is 26.4. The summed E-state index contributed by atoms with van der Waals surface area (Å²) in [5.74, 6) is -0.952. The molecule has 1 fully saturated rings. The van der Waals surface area contributed by atoms with Gasteiger partial charge in [0.15, 0.2) is 18.3 Å². The second kappa shape index (κ2) is 11.3. The Morgan fingerprint density at radius 3 is 1.98 bits per heavy atom. The van der Waals surface area contributed by atoms with E-state index in [2.05, 4.69) is 4.98 Å². The molecular formula is C33H26F2N2O4. The Hall–Kier alpha value is -4.82.